The van der Waals surface area contributed by atoms with Gasteiger partial charge in [-0.15, -0.1) is 0 Å². The van der Waals surface area contributed by atoms with Crippen LogP contribution in [0.2, 0.25) is 0 Å². The van der Waals surface area contributed by atoms with Crippen molar-refractivity contribution < 1.29 is 9.53 Å². The molecule has 2 N–H and O–H groups in total. The van der Waals surface area contributed by atoms with Crippen LogP contribution < -0.4 is 10.6 Å². The van der Waals surface area contributed by atoms with Crippen molar-refractivity contribution in [1.82, 2.24) is 10.3 Å². The molecule has 0 radical (unpaired) electrons. The molecule has 5 nitrogen and oxygen atoms in total. The number of carbonyl (C=O) groups is 1. The minimum Gasteiger partial charge on any atom is -0.375 e. The molecule has 0 bridgehead atoms. The number of amides is 1. The monoisotopic (exact) mass is 297 g/mol. The van der Waals surface area contributed by atoms with Crippen LogP contribution in [-0.2, 0) is 9.53 Å². The summed E-state index contributed by atoms with van der Waals surface area (Å²) in [6.07, 6.45) is 3.69. The third kappa shape index (κ3) is 3.69. The fourth-order valence-electron chi connectivity index (χ4n) is 2.52. The van der Waals surface area contributed by atoms with Crippen LogP contribution in [0.3, 0.4) is 0 Å². The number of morpholine rings is 1. The highest BCUT2D eigenvalue weighted by Gasteiger charge is 2.18. The Hall–Kier alpha value is -2.24. The van der Waals surface area contributed by atoms with Gasteiger partial charge in [0.25, 0.3) is 0 Å². The molecule has 3 rings (SSSR count). The van der Waals surface area contributed by atoms with Gasteiger partial charge >= 0.3 is 0 Å². The SMILES string of the molecule is O=C(CC1CNCCO1)Nc1cnccc1-c1ccccc1. The second kappa shape index (κ2) is 7.15. The van der Waals surface area contributed by atoms with Crippen molar-refractivity contribution in [2.24, 2.45) is 0 Å². The van der Waals surface area contributed by atoms with E-state index in [1.807, 2.05) is 36.4 Å². The zero-order valence-corrected chi connectivity index (χ0v) is 12.3. The maximum Gasteiger partial charge on any atom is 0.227 e. The van der Waals surface area contributed by atoms with Gasteiger partial charge < -0.3 is 15.4 Å². The van der Waals surface area contributed by atoms with Crippen molar-refractivity contribution in [3.05, 3.63) is 48.8 Å². The Bertz CT molecular complexity index is 625. The van der Waals surface area contributed by atoms with E-state index in [-0.39, 0.29) is 12.0 Å². The molecule has 22 heavy (non-hydrogen) atoms. The molecular weight excluding hydrogens is 278 g/mol. The molecule has 5 heteroatoms. The first-order chi connectivity index (χ1) is 10.8. The van der Waals surface area contributed by atoms with E-state index < -0.39 is 0 Å². The molecule has 2 heterocycles. The summed E-state index contributed by atoms with van der Waals surface area (Å²) < 4.78 is 5.56. The van der Waals surface area contributed by atoms with Crippen molar-refractivity contribution in [2.75, 3.05) is 25.0 Å². The number of carbonyl (C=O) groups excluding carboxylic acids is 1. The largest absolute Gasteiger partial charge is 0.375 e. The number of hydrogen-bond donors (Lipinski definition) is 2. The number of nitrogens with zero attached hydrogens (tertiary/aromatic N) is 1. The van der Waals surface area contributed by atoms with Crippen LogP contribution in [0, 0.1) is 0 Å². The summed E-state index contributed by atoms with van der Waals surface area (Å²) in [4.78, 5) is 16.3. The Morgan fingerprint density at radius 1 is 1.32 bits per heavy atom. The van der Waals surface area contributed by atoms with Gasteiger partial charge in [-0.05, 0) is 11.6 Å². The quantitative estimate of drug-likeness (QED) is 0.907. The van der Waals surface area contributed by atoms with Gasteiger partial charge in [0, 0.05) is 24.8 Å². The summed E-state index contributed by atoms with van der Waals surface area (Å²) in [6, 6.07) is 11.9. The van der Waals surface area contributed by atoms with Crippen molar-refractivity contribution >= 4 is 11.6 Å². The third-order valence-corrected chi connectivity index (χ3v) is 3.60. The normalized spacial score (nSPS) is 17.9. The van der Waals surface area contributed by atoms with E-state index in [0.29, 0.717) is 19.6 Å². The highest BCUT2D eigenvalue weighted by atomic mass is 16.5. The lowest BCUT2D eigenvalue weighted by Gasteiger charge is -2.23. The molecule has 114 valence electrons. The van der Waals surface area contributed by atoms with Crippen LogP contribution in [0.15, 0.2) is 48.8 Å². The molecule has 1 amide bonds. The summed E-state index contributed by atoms with van der Waals surface area (Å²) in [5.74, 6) is -0.0566. The standard InChI is InChI=1S/C17H19N3O2/c21-17(10-14-11-19-8-9-22-14)20-16-12-18-7-6-15(16)13-4-2-1-3-5-13/h1-7,12,14,19H,8-11H2,(H,20,21). The van der Waals surface area contributed by atoms with E-state index in [1.165, 1.54) is 0 Å². The van der Waals surface area contributed by atoms with Crippen molar-refractivity contribution in [2.45, 2.75) is 12.5 Å². The fourth-order valence-corrected chi connectivity index (χ4v) is 2.52. The first-order valence-corrected chi connectivity index (χ1v) is 7.44. The van der Waals surface area contributed by atoms with Crippen LogP contribution in [-0.4, -0.2) is 36.7 Å². The molecule has 1 unspecified atom stereocenters. The predicted molar refractivity (Wildman–Crippen MR) is 85.5 cm³/mol. The lowest BCUT2D eigenvalue weighted by atomic mass is 10.1. The Morgan fingerprint density at radius 2 is 2.18 bits per heavy atom. The number of anilines is 1. The van der Waals surface area contributed by atoms with Gasteiger partial charge in [0.05, 0.1) is 31.0 Å². The molecule has 1 aromatic heterocycles. The summed E-state index contributed by atoms with van der Waals surface area (Å²) in [5, 5.41) is 6.17. The number of benzene rings is 1. The van der Waals surface area contributed by atoms with Gasteiger partial charge in [0.1, 0.15) is 0 Å². The number of aromatic nitrogens is 1. The van der Waals surface area contributed by atoms with Gasteiger partial charge in [-0.25, -0.2) is 0 Å². The van der Waals surface area contributed by atoms with E-state index in [2.05, 4.69) is 15.6 Å². The number of nitrogens with one attached hydrogen (secondary N) is 2. The number of pyridine rings is 1. The summed E-state index contributed by atoms with van der Waals surface area (Å²) in [7, 11) is 0. The first-order valence-electron chi connectivity index (χ1n) is 7.44. The second-order valence-corrected chi connectivity index (χ2v) is 5.24. The molecule has 1 aromatic carbocycles. The Balaban J connectivity index is 1.71. The zero-order chi connectivity index (χ0) is 15.2. The second-order valence-electron chi connectivity index (χ2n) is 5.24. The minimum atomic E-state index is -0.0643. The van der Waals surface area contributed by atoms with Crippen LogP contribution >= 0.6 is 0 Å². The van der Waals surface area contributed by atoms with Crippen molar-refractivity contribution in [3.63, 3.8) is 0 Å². The summed E-state index contributed by atoms with van der Waals surface area (Å²) in [5.41, 5.74) is 2.74. The molecule has 1 fully saturated rings. The minimum absolute atomic E-state index is 0.0566. The van der Waals surface area contributed by atoms with E-state index in [4.69, 9.17) is 4.74 Å². The van der Waals surface area contributed by atoms with Gasteiger partial charge in [-0.3, -0.25) is 9.78 Å². The van der Waals surface area contributed by atoms with Gasteiger partial charge in [-0.1, -0.05) is 30.3 Å². The molecule has 0 aliphatic carbocycles. The topological polar surface area (TPSA) is 63.2 Å². The van der Waals surface area contributed by atoms with Crippen molar-refractivity contribution in [3.8, 4) is 11.1 Å². The zero-order valence-electron chi connectivity index (χ0n) is 12.3. The van der Waals surface area contributed by atoms with E-state index >= 15 is 0 Å². The number of rotatable bonds is 4. The Kier molecular flexibility index (Phi) is 4.78. The number of hydrogen-bond acceptors (Lipinski definition) is 4. The van der Waals surface area contributed by atoms with Crippen LogP contribution in [0.4, 0.5) is 5.69 Å². The Morgan fingerprint density at radius 3 is 2.95 bits per heavy atom. The highest BCUT2D eigenvalue weighted by molar-refractivity contribution is 5.95. The molecule has 1 saturated heterocycles. The number of ether oxygens (including phenoxy) is 1. The molecular formula is C17H19N3O2. The molecule has 0 spiro atoms. The smallest absolute Gasteiger partial charge is 0.227 e. The third-order valence-electron chi connectivity index (χ3n) is 3.60. The van der Waals surface area contributed by atoms with Gasteiger partial charge in [0.2, 0.25) is 5.91 Å². The Labute approximate surface area is 129 Å². The van der Waals surface area contributed by atoms with E-state index in [0.717, 1.165) is 23.4 Å². The fraction of sp³-hybridized carbons (Fsp3) is 0.294. The summed E-state index contributed by atoms with van der Waals surface area (Å²) >= 11 is 0. The molecule has 1 aliphatic rings. The lowest BCUT2D eigenvalue weighted by Crippen LogP contribution is -2.40. The highest BCUT2D eigenvalue weighted by Crippen LogP contribution is 2.26. The first kappa shape index (κ1) is 14.7. The molecule has 1 aliphatic heterocycles. The van der Waals surface area contributed by atoms with Crippen LogP contribution in [0.5, 0.6) is 0 Å². The van der Waals surface area contributed by atoms with E-state index in [9.17, 15) is 4.79 Å². The van der Waals surface area contributed by atoms with Gasteiger partial charge in [-0.2, -0.15) is 0 Å². The van der Waals surface area contributed by atoms with E-state index in [1.54, 1.807) is 12.4 Å². The van der Waals surface area contributed by atoms with Crippen molar-refractivity contribution in [1.29, 1.82) is 0 Å². The van der Waals surface area contributed by atoms with Gasteiger partial charge in [0.15, 0.2) is 0 Å². The van der Waals surface area contributed by atoms with Crippen LogP contribution in [0.1, 0.15) is 6.42 Å². The van der Waals surface area contributed by atoms with Crippen LogP contribution in [0.25, 0.3) is 11.1 Å². The molecule has 2 aromatic rings. The average Bonchev–Trinajstić information content (AvgIpc) is 2.57. The maximum atomic E-state index is 12.2. The molecule has 1 atom stereocenters. The summed E-state index contributed by atoms with van der Waals surface area (Å²) in [6.45, 7) is 2.21. The maximum absolute atomic E-state index is 12.2. The molecule has 0 saturated carbocycles. The predicted octanol–water partition coefficient (Wildman–Crippen LogP) is 2.07. The average molecular weight is 297 g/mol. The lowest BCUT2D eigenvalue weighted by molar-refractivity contribution is -0.119.